The molecule has 3 aliphatic heterocycles. The molecule has 4 heterocycles. The van der Waals surface area contributed by atoms with Crippen LogP contribution in [0.1, 0.15) is 57.2 Å². The topological polar surface area (TPSA) is 9.23 Å². The summed E-state index contributed by atoms with van der Waals surface area (Å²) in [6.07, 6.45) is 3.49. The molecule has 5 atom stereocenters. The molecule has 0 amide bonds. The van der Waals surface area contributed by atoms with Crippen molar-refractivity contribution < 1.29 is 4.74 Å². The minimum absolute atomic E-state index is 0.299. The lowest BCUT2D eigenvalue weighted by molar-refractivity contribution is -0.0710. The van der Waals surface area contributed by atoms with Crippen molar-refractivity contribution in [1.29, 1.82) is 0 Å². The second-order valence-electron chi connectivity index (χ2n) is 9.99. The van der Waals surface area contributed by atoms with Gasteiger partial charge in [0.1, 0.15) is 11.2 Å². The molecule has 4 aromatic rings. The number of ether oxygens (including phenoxy) is 1. The van der Waals surface area contributed by atoms with Gasteiger partial charge < -0.3 is 4.74 Å². The summed E-state index contributed by atoms with van der Waals surface area (Å²) in [7, 11) is 0. The third-order valence-electron chi connectivity index (χ3n) is 8.48. The van der Waals surface area contributed by atoms with Crippen LogP contribution in [0.4, 0.5) is 0 Å². The van der Waals surface area contributed by atoms with Crippen LogP contribution in [0.2, 0.25) is 0 Å². The highest BCUT2D eigenvalue weighted by Gasteiger charge is 2.75. The maximum Gasteiger partial charge on any atom is 0.136 e. The number of thioether (sulfide) groups is 1. The zero-order chi connectivity index (χ0) is 21.9. The molecule has 0 N–H and O–H groups in total. The SMILES string of the molecule is CC1=CCC(C23OC(c4ccc(C)s4)(c4ccccc42)C2c4cccc5cccc(c45)C23)S1. The highest BCUT2D eigenvalue weighted by atomic mass is 32.2. The molecule has 1 nitrogen and oxygen atoms in total. The molecule has 1 aromatic heterocycles. The Kier molecular flexibility index (Phi) is 3.58. The lowest BCUT2D eigenvalue weighted by Crippen LogP contribution is -2.40. The number of aryl methyl sites for hydroxylation is 1. The molecule has 1 fully saturated rings. The lowest BCUT2D eigenvalue weighted by Gasteiger charge is -2.40. The summed E-state index contributed by atoms with van der Waals surface area (Å²) in [6, 6.07) is 27.6. The van der Waals surface area contributed by atoms with Crippen LogP contribution in [-0.2, 0) is 15.9 Å². The van der Waals surface area contributed by atoms with E-state index in [1.165, 1.54) is 47.7 Å². The van der Waals surface area contributed by atoms with Crippen molar-refractivity contribution in [2.75, 3.05) is 0 Å². The normalized spacial score (nSPS) is 32.9. The van der Waals surface area contributed by atoms with Crippen molar-refractivity contribution in [2.24, 2.45) is 0 Å². The summed E-state index contributed by atoms with van der Waals surface area (Å²) in [5.41, 5.74) is 5.02. The monoisotopic (exact) mass is 464 g/mol. The molecular formula is C30H24OS2. The maximum absolute atomic E-state index is 7.66. The van der Waals surface area contributed by atoms with Gasteiger partial charge in [-0.05, 0) is 70.3 Å². The van der Waals surface area contributed by atoms with Gasteiger partial charge in [0.15, 0.2) is 0 Å². The van der Waals surface area contributed by atoms with Crippen LogP contribution >= 0.6 is 23.1 Å². The van der Waals surface area contributed by atoms with Crippen molar-refractivity contribution in [3.63, 3.8) is 0 Å². The van der Waals surface area contributed by atoms with Gasteiger partial charge in [-0.1, -0.05) is 66.7 Å². The van der Waals surface area contributed by atoms with Gasteiger partial charge in [0.25, 0.3) is 0 Å². The number of thiophene rings is 1. The molecule has 0 radical (unpaired) electrons. The van der Waals surface area contributed by atoms with Gasteiger partial charge in [-0.25, -0.2) is 0 Å². The van der Waals surface area contributed by atoms with Crippen molar-refractivity contribution in [1.82, 2.24) is 0 Å². The average molecular weight is 465 g/mol. The molecule has 162 valence electrons. The Hall–Kier alpha value is -2.33. The van der Waals surface area contributed by atoms with Crippen LogP contribution in [-0.4, -0.2) is 5.25 Å². The van der Waals surface area contributed by atoms with E-state index in [4.69, 9.17) is 4.74 Å². The predicted molar refractivity (Wildman–Crippen MR) is 138 cm³/mol. The van der Waals surface area contributed by atoms with E-state index in [0.29, 0.717) is 17.1 Å². The van der Waals surface area contributed by atoms with Crippen molar-refractivity contribution >= 4 is 33.9 Å². The van der Waals surface area contributed by atoms with Crippen LogP contribution in [0.5, 0.6) is 0 Å². The molecule has 2 bridgehead atoms. The molecule has 1 saturated heterocycles. The van der Waals surface area contributed by atoms with Crippen molar-refractivity contribution in [3.05, 3.63) is 116 Å². The zero-order valence-electron chi connectivity index (χ0n) is 18.7. The largest absolute Gasteiger partial charge is 0.351 e. The third-order valence-corrected chi connectivity index (χ3v) is 11.0. The fourth-order valence-electron chi connectivity index (χ4n) is 7.46. The summed E-state index contributed by atoms with van der Waals surface area (Å²) in [6.45, 7) is 4.48. The van der Waals surface area contributed by atoms with E-state index in [0.717, 1.165) is 6.42 Å². The predicted octanol–water partition coefficient (Wildman–Crippen LogP) is 7.98. The molecule has 4 aliphatic rings. The molecule has 0 spiro atoms. The third kappa shape index (κ3) is 2.07. The Morgan fingerprint density at radius 2 is 1.58 bits per heavy atom. The smallest absolute Gasteiger partial charge is 0.136 e. The first-order valence-electron chi connectivity index (χ1n) is 11.9. The highest BCUT2D eigenvalue weighted by Crippen LogP contribution is 2.78. The van der Waals surface area contributed by atoms with E-state index in [-0.39, 0.29) is 5.60 Å². The van der Waals surface area contributed by atoms with Gasteiger partial charge in [-0.3, -0.25) is 0 Å². The summed E-state index contributed by atoms with van der Waals surface area (Å²) < 4.78 is 7.66. The van der Waals surface area contributed by atoms with E-state index in [1.54, 1.807) is 0 Å². The summed E-state index contributed by atoms with van der Waals surface area (Å²) in [5, 5.41) is 3.23. The molecule has 8 rings (SSSR count). The van der Waals surface area contributed by atoms with Crippen molar-refractivity contribution in [2.45, 2.75) is 48.6 Å². The molecule has 0 saturated carbocycles. The first kappa shape index (κ1) is 19.0. The molecule has 3 heteroatoms. The Morgan fingerprint density at radius 1 is 0.818 bits per heavy atom. The van der Waals surface area contributed by atoms with Crippen LogP contribution in [0.15, 0.2) is 83.8 Å². The zero-order valence-corrected chi connectivity index (χ0v) is 20.3. The first-order chi connectivity index (χ1) is 16.1. The number of fused-ring (bicyclic) bond motifs is 10. The van der Waals surface area contributed by atoms with E-state index >= 15 is 0 Å². The Labute approximate surface area is 202 Å². The summed E-state index contributed by atoms with van der Waals surface area (Å²) in [5.74, 6) is 0.626. The minimum atomic E-state index is -0.426. The fraction of sp³-hybridized carbons (Fsp3) is 0.267. The average Bonchev–Trinajstić information content (AvgIpc) is 3.63. The maximum atomic E-state index is 7.66. The number of hydrogen-bond donors (Lipinski definition) is 0. The fourth-order valence-corrected chi connectivity index (χ4v) is 9.84. The molecular weight excluding hydrogens is 440 g/mol. The van der Waals surface area contributed by atoms with Crippen LogP contribution in [0.3, 0.4) is 0 Å². The first-order valence-corrected chi connectivity index (χ1v) is 13.6. The van der Waals surface area contributed by atoms with Gasteiger partial charge in [-0.15, -0.1) is 23.1 Å². The van der Waals surface area contributed by atoms with Gasteiger partial charge in [-0.2, -0.15) is 0 Å². The van der Waals surface area contributed by atoms with E-state index < -0.39 is 5.60 Å². The Bertz CT molecular complexity index is 1510. The Morgan fingerprint density at radius 3 is 2.27 bits per heavy atom. The minimum Gasteiger partial charge on any atom is -0.351 e. The lowest BCUT2D eigenvalue weighted by atomic mass is 9.61. The van der Waals surface area contributed by atoms with E-state index in [1.807, 2.05) is 23.1 Å². The van der Waals surface area contributed by atoms with Crippen LogP contribution in [0, 0.1) is 6.92 Å². The number of allylic oxidation sites excluding steroid dienone is 2. The number of rotatable bonds is 2. The molecule has 1 aliphatic carbocycles. The van der Waals surface area contributed by atoms with Crippen LogP contribution in [0.25, 0.3) is 10.8 Å². The van der Waals surface area contributed by atoms with Gasteiger partial charge in [0.05, 0.1) is 0 Å². The number of benzene rings is 3. The number of hydrogen-bond acceptors (Lipinski definition) is 3. The van der Waals surface area contributed by atoms with Gasteiger partial charge >= 0.3 is 0 Å². The van der Waals surface area contributed by atoms with Gasteiger partial charge in [0.2, 0.25) is 0 Å². The highest BCUT2D eigenvalue weighted by molar-refractivity contribution is 8.03. The van der Waals surface area contributed by atoms with Crippen LogP contribution < -0.4 is 0 Å². The molecule has 3 aromatic carbocycles. The van der Waals surface area contributed by atoms with Gasteiger partial charge in [0, 0.05) is 26.8 Å². The Balaban J connectivity index is 1.51. The second-order valence-corrected chi connectivity index (χ2v) is 12.7. The quantitative estimate of drug-likeness (QED) is 0.297. The van der Waals surface area contributed by atoms with E-state index in [2.05, 4.69) is 92.7 Å². The van der Waals surface area contributed by atoms with E-state index in [9.17, 15) is 0 Å². The molecule has 5 unspecified atom stereocenters. The standard InChI is InChI=1S/C30H24OS2/c1-17-13-15-24(32-17)29-22-11-3-4-12-23(22)30(31-29,25-16-14-18(2)33-25)28-21-10-6-8-19-7-5-9-20(26(19)21)27(28)29/h3-15,25,27-28H,16H2,1-2H3. The summed E-state index contributed by atoms with van der Waals surface area (Å²) >= 11 is 3.95. The van der Waals surface area contributed by atoms with Crippen molar-refractivity contribution in [3.8, 4) is 0 Å². The second kappa shape index (κ2) is 6.21. The molecule has 33 heavy (non-hydrogen) atoms. The summed E-state index contributed by atoms with van der Waals surface area (Å²) in [4.78, 5) is 4.14.